The van der Waals surface area contributed by atoms with E-state index in [1.807, 2.05) is 48.3 Å². The van der Waals surface area contributed by atoms with Crippen LogP contribution in [0.2, 0.25) is 0 Å². The molecule has 1 heterocycles. The molecule has 0 fully saturated rings. The zero-order chi connectivity index (χ0) is 12.1. The predicted molar refractivity (Wildman–Crippen MR) is 68.3 cm³/mol. The van der Waals surface area contributed by atoms with Crippen LogP contribution in [0.1, 0.15) is 25.0 Å². The fourth-order valence-corrected chi connectivity index (χ4v) is 1.86. The van der Waals surface area contributed by atoms with Crippen LogP contribution in [0.15, 0.2) is 36.5 Å². The molecular weight excluding hydrogens is 212 g/mol. The Morgan fingerprint density at radius 1 is 1.29 bits per heavy atom. The Labute approximate surface area is 102 Å². The van der Waals surface area contributed by atoms with E-state index >= 15 is 0 Å². The second-order valence-electron chi connectivity index (χ2n) is 4.20. The van der Waals surface area contributed by atoms with Crippen molar-refractivity contribution in [2.75, 3.05) is 13.6 Å². The van der Waals surface area contributed by atoms with E-state index in [0.29, 0.717) is 5.92 Å². The standard InChI is InChI=1S/C13H18N4/c1-11(8-9-14-2)13-10-15-16-17(13)12-6-4-3-5-7-12/h3-7,10-11,14H,8-9H2,1-2H3. The monoisotopic (exact) mass is 230 g/mol. The van der Waals surface area contributed by atoms with Gasteiger partial charge in [-0.05, 0) is 32.1 Å². The molecule has 1 N–H and O–H groups in total. The normalized spacial score (nSPS) is 12.6. The van der Waals surface area contributed by atoms with Gasteiger partial charge in [0.25, 0.3) is 0 Å². The Bertz CT molecular complexity index is 449. The number of nitrogens with zero attached hydrogens (tertiary/aromatic N) is 3. The van der Waals surface area contributed by atoms with Crippen molar-refractivity contribution >= 4 is 0 Å². The maximum Gasteiger partial charge on any atom is 0.0732 e. The van der Waals surface area contributed by atoms with Crippen LogP contribution in [-0.4, -0.2) is 28.6 Å². The zero-order valence-corrected chi connectivity index (χ0v) is 10.3. The molecule has 0 aliphatic carbocycles. The molecule has 17 heavy (non-hydrogen) atoms. The third kappa shape index (κ3) is 2.71. The number of nitrogens with one attached hydrogen (secondary N) is 1. The highest BCUT2D eigenvalue weighted by Gasteiger charge is 2.12. The average molecular weight is 230 g/mol. The molecule has 0 aliphatic heterocycles. The van der Waals surface area contributed by atoms with Crippen molar-refractivity contribution < 1.29 is 0 Å². The Hall–Kier alpha value is -1.68. The van der Waals surface area contributed by atoms with Crippen molar-refractivity contribution in [3.8, 4) is 5.69 Å². The number of para-hydroxylation sites is 1. The fourth-order valence-electron chi connectivity index (χ4n) is 1.86. The van der Waals surface area contributed by atoms with E-state index in [1.165, 1.54) is 0 Å². The number of benzene rings is 1. The number of hydrogen-bond acceptors (Lipinski definition) is 3. The first-order chi connectivity index (χ1) is 8.33. The van der Waals surface area contributed by atoms with Crippen molar-refractivity contribution in [2.45, 2.75) is 19.3 Å². The lowest BCUT2D eigenvalue weighted by Gasteiger charge is -2.12. The van der Waals surface area contributed by atoms with Crippen LogP contribution in [0.5, 0.6) is 0 Å². The van der Waals surface area contributed by atoms with Gasteiger partial charge in [-0.3, -0.25) is 0 Å². The van der Waals surface area contributed by atoms with Gasteiger partial charge in [-0.15, -0.1) is 5.10 Å². The van der Waals surface area contributed by atoms with E-state index in [-0.39, 0.29) is 0 Å². The Balaban J connectivity index is 2.23. The first-order valence-electron chi connectivity index (χ1n) is 5.93. The van der Waals surface area contributed by atoms with E-state index in [1.54, 1.807) is 0 Å². The highest BCUT2D eigenvalue weighted by atomic mass is 15.4. The summed E-state index contributed by atoms with van der Waals surface area (Å²) >= 11 is 0. The van der Waals surface area contributed by atoms with Crippen molar-refractivity contribution in [3.05, 3.63) is 42.2 Å². The van der Waals surface area contributed by atoms with E-state index in [2.05, 4.69) is 22.6 Å². The van der Waals surface area contributed by atoms with Gasteiger partial charge in [0.2, 0.25) is 0 Å². The van der Waals surface area contributed by atoms with Gasteiger partial charge >= 0.3 is 0 Å². The largest absolute Gasteiger partial charge is 0.320 e. The molecule has 1 unspecified atom stereocenters. The quantitative estimate of drug-likeness (QED) is 0.854. The molecule has 0 saturated carbocycles. The average Bonchev–Trinajstić information content (AvgIpc) is 2.86. The molecule has 1 atom stereocenters. The molecule has 0 spiro atoms. The summed E-state index contributed by atoms with van der Waals surface area (Å²) in [4.78, 5) is 0. The SMILES string of the molecule is CNCCC(C)c1cnnn1-c1ccccc1. The molecule has 0 radical (unpaired) electrons. The minimum Gasteiger partial charge on any atom is -0.320 e. The summed E-state index contributed by atoms with van der Waals surface area (Å²) in [5.74, 6) is 0.442. The van der Waals surface area contributed by atoms with Gasteiger partial charge in [0.05, 0.1) is 17.6 Å². The molecule has 2 rings (SSSR count). The number of aromatic nitrogens is 3. The lowest BCUT2D eigenvalue weighted by Crippen LogP contribution is -2.13. The summed E-state index contributed by atoms with van der Waals surface area (Å²) < 4.78 is 1.92. The van der Waals surface area contributed by atoms with Crippen molar-refractivity contribution in [1.82, 2.24) is 20.3 Å². The van der Waals surface area contributed by atoms with Gasteiger partial charge in [-0.25, -0.2) is 4.68 Å². The summed E-state index contributed by atoms with van der Waals surface area (Å²) in [5.41, 5.74) is 2.22. The van der Waals surface area contributed by atoms with Gasteiger partial charge in [0, 0.05) is 5.92 Å². The van der Waals surface area contributed by atoms with Gasteiger partial charge in [-0.2, -0.15) is 0 Å². The fraction of sp³-hybridized carbons (Fsp3) is 0.385. The molecule has 90 valence electrons. The minimum absolute atomic E-state index is 0.442. The van der Waals surface area contributed by atoms with Crippen molar-refractivity contribution in [2.24, 2.45) is 0 Å². The minimum atomic E-state index is 0.442. The number of rotatable bonds is 5. The molecule has 0 bridgehead atoms. The molecule has 4 nitrogen and oxygen atoms in total. The molecule has 1 aromatic heterocycles. The Morgan fingerprint density at radius 3 is 2.76 bits per heavy atom. The molecule has 2 aromatic rings. The summed E-state index contributed by atoms with van der Waals surface area (Å²) in [7, 11) is 1.97. The summed E-state index contributed by atoms with van der Waals surface area (Å²) in [6.45, 7) is 3.20. The molecule has 4 heteroatoms. The highest BCUT2D eigenvalue weighted by molar-refractivity contribution is 5.32. The lowest BCUT2D eigenvalue weighted by molar-refractivity contribution is 0.601. The van der Waals surface area contributed by atoms with Crippen molar-refractivity contribution in [1.29, 1.82) is 0 Å². The van der Waals surface area contributed by atoms with Crippen LogP contribution < -0.4 is 5.32 Å². The Morgan fingerprint density at radius 2 is 2.06 bits per heavy atom. The maximum absolute atomic E-state index is 4.16. The smallest absolute Gasteiger partial charge is 0.0732 e. The van der Waals surface area contributed by atoms with Gasteiger partial charge < -0.3 is 5.32 Å². The highest BCUT2D eigenvalue weighted by Crippen LogP contribution is 2.20. The summed E-state index contributed by atoms with van der Waals surface area (Å²) in [6, 6.07) is 10.1. The molecule has 0 amide bonds. The first-order valence-corrected chi connectivity index (χ1v) is 5.93. The van der Waals surface area contributed by atoms with Crippen LogP contribution in [0.25, 0.3) is 5.69 Å². The summed E-state index contributed by atoms with van der Waals surface area (Å²) in [5, 5.41) is 11.4. The lowest BCUT2D eigenvalue weighted by atomic mass is 10.0. The predicted octanol–water partition coefficient (Wildman–Crippen LogP) is 1.98. The second kappa shape index (κ2) is 5.59. The molecule has 0 saturated heterocycles. The van der Waals surface area contributed by atoms with Crippen LogP contribution in [0, 0.1) is 0 Å². The van der Waals surface area contributed by atoms with E-state index in [0.717, 1.165) is 24.3 Å². The van der Waals surface area contributed by atoms with Crippen LogP contribution in [0.3, 0.4) is 0 Å². The zero-order valence-electron chi connectivity index (χ0n) is 10.3. The van der Waals surface area contributed by atoms with Crippen molar-refractivity contribution in [3.63, 3.8) is 0 Å². The van der Waals surface area contributed by atoms with Gasteiger partial charge in [0.15, 0.2) is 0 Å². The third-order valence-electron chi connectivity index (χ3n) is 2.91. The molecule has 1 aromatic carbocycles. The van der Waals surface area contributed by atoms with E-state index < -0.39 is 0 Å². The van der Waals surface area contributed by atoms with Crippen LogP contribution in [-0.2, 0) is 0 Å². The third-order valence-corrected chi connectivity index (χ3v) is 2.91. The molecule has 0 aliphatic rings. The van der Waals surface area contributed by atoms with Gasteiger partial charge in [-0.1, -0.05) is 30.3 Å². The number of hydrogen-bond donors (Lipinski definition) is 1. The van der Waals surface area contributed by atoms with E-state index in [4.69, 9.17) is 0 Å². The first kappa shape index (κ1) is 11.8. The maximum atomic E-state index is 4.16. The second-order valence-corrected chi connectivity index (χ2v) is 4.20. The topological polar surface area (TPSA) is 42.7 Å². The van der Waals surface area contributed by atoms with Crippen LogP contribution >= 0.6 is 0 Å². The summed E-state index contributed by atoms with van der Waals surface area (Å²) in [6.07, 6.45) is 2.93. The van der Waals surface area contributed by atoms with E-state index in [9.17, 15) is 0 Å². The molecular formula is C13H18N4. The van der Waals surface area contributed by atoms with Crippen LogP contribution in [0.4, 0.5) is 0 Å². The Kier molecular flexibility index (Phi) is 3.88. The van der Waals surface area contributed by atoms with Gasteiger partial charge in [0.1, 0.15) is 0 Å².